The Labute approximate surface area is 172 Å². The minimum atomic E-state index is -1.34. The highest BCUT2D eigenvalue weighted by molar-refractivity contribution is 6.13. The molecule has 0 unspecified atom stereocenters. The maximum absolute atomic E-state index is 11.4. The Morgan fingerprint density at radius 2 is 2.07 bits per heavy atom. The van der Waals surface area contributed by atoms with Gasteiger partial charge in [-0.1, -0.05) is 6.07 Å². The molecular weight excluding hydrogens is 420 g/mol. The predicted octanol–water partition coefficient (Wildman–Crippen LogP) is 1.28. The number of halogens is 1. The van der Waals surface area contributed by atoms with Crippen molar-refractivity contribution < 1.29 is 23.8 Å². The number of rotatable bonds is 4. The molecule has 0 aliphatic rings. The van der Waals surface area contributed by atoms with Gasteiger partial charge in [-0.15, -0.1) is 0 Å². The van der Waals surface area contributed by atoms with Crippen molar-refractivity contribution >= 4 is 40.6 Å². The number of hydrogen-bond acceptors (Lipinski definition) is 9. The molecule has 1 aromatic carbocycles. The van der Waals surface area contributed by atoms with E-state index in [1.807, 2.05) is 25.1 Å². The fourth-order valence-electron chi connectivity index (χ4n) is 2.53. The van der Waals surface area contributed by atoms with Gasteiger partial charge in [-0.2, -0.15) is 4.98 Å². The molecule has 3 aromatic heterocycles. The summed E-state index contributed by atoms with van der Waals surface area (Å²) in [5.41, 5.74) is 1.46. The number of H-pyrrole nitrogens is 1. The number of ether oxygens (including phenoxy) is 1. The molecule has 156 valence electrons. The Morgan fingerprint density at radius 3 is 2.73 bits per heavy atom. The van der Waals surface area contributed by atoms with Crippen LogP contribution in [0.5, 0.6) is 0 Å². The number of carboxylic acids is 1. The number of aryl methyl sites for hydroxylation is 1. The van der Waals surface area contributed by atoms with Gasteiger partial charge in [0.05, 0.1) is 7.11 Å². The third-order valence-corrected chi connectivity index (χ3v) is 3.92. The summed E-state index contributed by atoms with van der Waals surface area (Å²) in [7, 11) is 1.13. The van der Waals surface area contributed by atoms with Gasteiger partial charge in [0.2, 0.25) is 0 Å². The smallest absolute Gasteiger partial charge is 0.363 e. The summed E-state index contributed by atoms with van der Waals surface area (Å²) >= 11 is 5.40. The van der Waals surface area contributed by atoms with Crippen LogP contribution in [0.1, 0.15) is 32.4 Å². The number of oxazole rings is 1. The first-order chi connectivity index (χ1) is 14.3. The number of aromatic nitrogens is 5. The number of carboxylic acid groups (broad SMARTS) is 1. The SMILES string of the molecule is COC(=O)c1cc(C(=O)O)nc2nc(=O)[nH]n12.Cc1nc2cc(CNCl)ccc2o1. The van der Waals surface area contributed by atoms with Crippen molar-refractivity contribution in [3.05, 3.63) is 57.6 Å². The predicted molar refractivity (Wildman–Crippen MR) is 103 cm³/mol. The molecule has 0 fully saturated rings. The van der Waals surface area contributed by atoms with Crippen LogP contribution in [0, 0.1) is 6.92 Å². The van der Waals surface area contributed by atoms with Crippen molar-refractivity contribution in [1.82, 2.24) is 29.4 Å². The first kappa shape index (κ1) is 21.0. The van der Waals surface area contributed by atoms with Gasteiger partial charge >= 0.3 is 17.6 Å². The maximum Gasteiger partial charge on any atom is 0.363 e. The van der Waals surface area contributed by atoms with Gasteiger partial charge < -0.3 is 14.3 Å². The quantitative estimate of drug-likeness (QED) is 0.314. The van der Waals surface area contributed by atoms with Crippen LogP contribution in [-0.2, 0) is 11.3 Å². The van der Waals surface area contributed by atoms with Gasteiger partial charge in [0.1, 0.15) is 5.52 Å². The van der Waals surface area contributed by atoms with Crippen molar-refractivity contribution in [2.45, 2.75) is 13.5 Å². The van der Waals surface area contributed by atoms with Gasteiger partial charge in [0, 0.05) is 19.5 Å². The van der Waals surface area contributed by atoms with Crippen LogP contribution >= 0.6 is 11.8 Å². The van der Waals surface area contributed by atoms with E-state index in [1.165, 1.54) is 0 Å². The molecule has 0 radical (unpaired) electrons. The number of nitrogens with one attached hydrogen (secondary N) is 2. The Bertz CT molecular complexity index is 1290. The molecule has 12 nitrogen and oxygen atoms in total. The van der Waals surface area contributed by atoms with Gasteiger partial charge in [0.25, 0.3) is 5.78 Å². The molecular formula is C17H15ClN6O6. The molecule has 0 saturated heterocycles. The highest BCUT2D eigenvalue weighted by Crippen LogP contribution is 2.16. The zero-order valence-corrected chi connectivity index (χ0v) is 16.4. The largest absolute Gasteiger partial charge is 0.477 e. The number of methoxy groups -OCH3 is 1. The standard InChI is InChI=1S/C9H9ClN2O.C8H6N4O5/c1-6-12-8-4-7(5-11-10)2-3-9(8)13-6;1-17-6(15)4-2-3(5(13)14)9-7-10-8(16)11-12(4)7/h2-4,11H,5H2,1H3;2H,1H3,(H,11,16)(H,13,14). The molecule has 0 saturated carbocycles. The summed E-state index contributed by atoms with van der Waals surface area (Å²) in [6.45, 7) is 2.46. The van der Waals surface area contributed by atoms with E-state index in [4.69, 9.17) is 21.3 Å². The van der Waals surface area contributed by atoms with Gasteiger partial charge in [-0.3, -0.25) is 0 Å². The molecule has 0 aliphatic heterocycles. The van der Waals surface area contributed by atoms with Crippen molar-refractivity contribution in [3.63, 3.8) is 0 Å². The number of carbonyl (C=O) groups excluding carboxylic acids is 1. The average Bonchev–Trinajstić information content (AvgIpc) is 3.27. The number of benzene rings is 1. The summed E-state index contributed by atoms with van der Waals surface area (Å²) in [6.07, 6.45) is 0. The van der Waals surface area contributed by atoms with E-state index >= 15 is 0 Å². The van der Waals surface area contributed by atoms with Crippen molar-refractivity contribution in [3.8, 4) is 0 Å². The lowest BCUT2D eigenvalue weighted by Gasteiger charge is -2.03. The van der Waals surface area contributed by atoms with Crippen LogP contribution in [0.25, 0.3) is 16.9 Å². The Morgan fingerprint density at radius 1 is 1.30 bits per heavy atom. The van der Waals surface area contributed by atoms with E-state index in [1.54, 1.807) is 0 Å². The first-order valence-corrected chi connectivity index (χ1v) is 8.71. The lowest BCUT2D eigenvalue weighted by molar-refractivity contribution is 0.0590. The van der Waals surface area contributed by atoms with Crippen LogP contribution in [0.4, 0.5) is 0 Å². The molecule has 4 rings (SSSR count). The normalized spacial score (nSPS) is 10.6. The summed E-state index contributed by atoms with van der Waals surface area (Å²) in [6, 6.07) is 6.81. The summed E-state index contributed by atoms with van der Waals surface area (Å²) < 4.78 is 10.8. The van der Waals surface area contributed by atoms with Crippen LogP contribution in [0.15, 0.2) is 33.5 Å². The average molecular weight is 435 g/mol. The number of hydrogen-bond donors (Lipinski definition) is 3. The van der Waals surface area contributed by atoms with E-state index in [9.17, 15) is 14.4 Å². The van der Waals surface area contributed by atoms with E-state index < -0.39 is 23.3 Å². The van der Waals surface area contributed by atoms with Crippen LogP contribution in [0.3, 0.4) is 0 Å². The lowest BCUT2D eigenvalue weighted by Crippen LogP contribution is -2.14. The molecule has 30 heavy (non-hydrogen) atoms. The van der Waals surface area contributed by atoms with E-state index in [0.29, 0.717) is 12.4 Å². The highest BCUT2D eigenvalue weighted by atomic mass is 35.5. The molecule has 0 atom stereocenters. The second kappa shape index (κ2) is 8.71. The van der Waals surface area contributed by atoms with Gasteiger partial charge in [-0.05, 0) is 29.5 Å². The van der Waals surface area contributed by atoms with E-state index in [0.717, 1.165) is 34.4 Å². The third-order valence-electron chi connectivity index (χ3n) is 3.79. The summed E-state index contributed by atoms with van der Waals surface area (Å²) in [5, 5.41) is 11.0. The minimum Gasteiger partial charge on any atom is -0.477 e. The van der Waals surface area contributed by atoms with E-state index in [2.05, 4.69) is 29.6 Å². The first-order valence-electron chi connectivity index (χ1n) is 8.33. The monoisotopic (exact) mass is 434 g/mol. The van der Waals surface area contributed by atoms with Crippen LogP contribution < -0.4 is 10.5 Å². The summed E-state index contributed by atoms with van der Waals surface area (Å²) in [4.78, 5) is 47.0. The molecule has 0 aliphatic carbocycles. The second-order valence-electron chi connectivity index (χ2n) is 5.83. The Hall–Kier alpha value is -3.77. The number of aromatic amines is 1. The van der Waals surface area contributed by atoms with Crippen molar-refractivity contribution in [2.75, 3.05) is 7.11 Å². The zero-order valence-electron chi connectivity index (χ0n) is 15.7. The highest BCUT2D eigenvalue weighted by Gasteiger charge is 2.18. The van der Waals surface area contributed by atoms with E-state index in [-0.39, 0.29) is 11.5 Å². The lowest BCUT2D eigenvalue weighted by atomic mass is 10.2. The molecule has 3 heterocycles. The summed E-state index contributed by atoms with van der Waals surface area (Å²) in [5.74, 6) is -1.68. The van der Waals surface area contributed by atoms with Crippen molar-refractivity contribution in [2.24, 2.45) is 0 Å². The fraction of sp³-hybridized carbons (Fsp3) is 0.176. The topological polar surface area (TPSA) is 165 Å². The van der Waals surface area contributed by atoms with Gasteiger partial charge in [0.15, 0.2) is 22.9 Å². The zero-order chi connectivity index (χ0) is 21.8. The fourth-order valence-corrected chi connectivity index (χ4v) is 2.68. The molecule has 13 heteroatoms. The Kier molecular flexibility index (Phi) is 6.09. The van der Waals surface area contributed by atoms with Crippen molar-refractivity contribution in [1.29, 1.82) is 0 Å². The van der Waals surface area contributed by atoms with Crippen LogP contribution in [-0.4, -0.2) is 48.7 Å². The minimum absolute atomic E-state index is 0.176. The molecule has 4 aromatic rings. The molecule has 0 spiro atoms. The molecule has 3 N–H and O–H groups in total. The number of fused-ring (bicyclic) bond motifs is 2. The van der Waals surface area contributed by atoms with Crippen LogP contribution in [0.2, 0.25) is 0 Å². The Balaban J connectivity index is 0.000000177. The molecule has 0 amide bonds. The number of esters is 1. The third kappa shape index (κ3) is 4.45. The van der Waals surface area contributed by atoms with Gasteiger partial charge in [-0.25, -0.2) is 38.8 Å². The number of nitrogens with zero attached hydrogens (tertiary/aromatic N) is 4. The second-order valence-corrected chi connectivity index (χ2v) is 6.10. The number of aromatic carboxylic acids is 1. The number of carbonyl (C=O) groups is 2. The maximum atomic E-state index is 11.4. The molecule has 0 bridgehead atoms.